The second-order valence-electron chi connectivity index (χ2n) is 10.3. The summed E-state index contributed by atoms with van der Waals surface area (Å²) in [4.78, 5) is 34.0. The van der Waals surface area contributed by atoms with Gasteiger partial charge >= 0.3 is 0 Å². The average molecular weight is 569 g/mol. The van der Waals surface area contributed by atoms with Crippen LogP contribution in [0.3, 0.4) is 0 Å². The molecule has 0 aliphatic carbocycles. The van der Waals surface area contributed by atoms with E-state index in [1.165, 1.54) is 12.4 Å². The number of nitrogens with one attached hydrogen (secondary N) is 1. The number of anilines is 3. The smallest absolute Gasteiger partial charge is 0.246 e. The van der Waals surface area contributed by atoms with E-state index in [0.29, 0.717) is 64.8 Å². The SMILES string of the molecule is C=CC(=O)N1CCN(c2ncc3ncnc(Nc4ccc(Oc5cc6nnn(C)c6c(C)c5F)c(C)c4)c3n2)C[C@H]1C. The molecule has 214 valence electrons. The Hall–Kier alpha value is -5.20. The fraction of sp³-hybridized carbons (Fsp3) is 0.276. The molecular formula is C29H29FN10O2. The highest BCUT2D eigenvalue weighted by Gasteiger charge is 2.27. The van der Waals surface area contributed by atoms with Gasteiger partial charge in [0.15, 0.2) is 17.4 Å². The second-order valence-corrected chi connectivity index (χ2v) is 10.3. The van der Waals surface area contributed by atoms with Crippen LogP contribution in [0.25, 0.3) is 22.1 Å². The standard InChI is InChI=1S/C29H29FN10O2/c1-6-24(41)40-10-9-39(14-17(40)3)29-31-13-21-26(35-29)28(33-15-32-21)34-19-7-8-22(16(2)11-19)42-23-12-20-27(18(4)25(23)30)38(5)37-36-20/h6-8,11-13,15,17H,1,9-10,14H2,2-5H3,(H,32,33,34)/t17-/m1/s1. The van der Waals surface area contributed by atoms with Crippen molar-refractivity contribution in [3.05, 3.63) is 66.4 Å². The molecule has 5 aromatic rings. The zero-order chi connectivity index (χ0) is 29.5. The van der Waals surface area contributed by atoms with Crippen molar-refractivity contribution < 1.29 is 13.9 Å². The summed E-state index contributed by atoms with van der Waals surface area (Å²) in [6.45, 7) is 10.9. The first-order valence-corrected chi connectivity index (χ1v) is 13.4. The molecule has 12 nitrogen and oxygen atoms in total. The van der Waals surface area contributed by atoms with E-state index >= 15 is 4.39 Å². The molecule has 1 aliphatic heterocycles. The van der Waals surface area contributed by atoms with E-state index in [1.807, 2.05) is 30.9 Å². The molecule has 1 N–H and O–H groups in total. The first-order valence-electron chi connectivity index (χ1n) is 13.4. The third-order valence-electron chi connectivity index (χ3n) is 7.41. The summed E-state index contributed by atoms with van der Waals surface area (Å²) < 4.78 is 22.6. The van der Waals surface area contributed by atoms with Crippen LogP contribution < -0.4 is 15.0 Å². The molecule has 1 saturated heterocycles. The predicted octanol–water partition coefficient (Wildman–Crippen LogP) is 4.22. The molecule has 0 spiro atoms. The minimum atomic E-state index is -0.458. The number of aromatic nitrogens is 7. The fourth-order valence-electron chi connectivity index (χ4n) is 5.23. The van der Waals surface area contributed by atoms with Gasteiger partial charge in [-0.1, -0.05) is 11.8 Å². The van der Waals surface area contributed by atoms with E-state index < -0.39 is 5.82 Å². The molecule has 2 aromatic carbocycles. The Bertz CT molecular complexity index is 1860. The quantitative estimate of drug-likeness (QED) is 0.298. The zero-order valence-electron chi connectivity index (χ0n) is 23.7. The molecule has 0 unspecified atom stereocenters. The Labute approximate surface area is 240 Å². The van der Waals surface area contributed by atoms with Gasteiger partial charge in [0.05, 0.1) is 11.7 Å². The van der Waals surface area contributed by atoms with Crippen molar-refractivity contribution in [3.8, 4) is 11.5 Å². The lowest BCUT2D eigenvalue weighted by Crippen LogP contribution is -2.54. The molecule has 1 atom stereocenters. The average Bonchev–Trinajstić information content (AvgIpc) is 3.36. The number of piperazine rings is 1. The third-order valence-corrected chi connectivity index (χ3v) is 7.41. The Morgan fingerprint density at radius 1 is 1.14 bits per heavy atom. The number of rotatable bonds is 6. The van der Waals surface area contributed by atoms with Crippen molar-refractivity contribution in [2.45, 2.75) is 26.8 Å². The van der Waals surface area contributed by atoms with Crippen LogP contribution in [0, 0.1) is 19.7 Å². The summed E-state index contributed by atoms with van der Waals surface area (Å²) in [5, 5.41) is 11.4. The van der Waals surface area contributed by atoms with Crippen LogP contribution in [0.4, 0.5) is 21.8 Å². The van der Waals surface area contributed by atoms with E-state index in [-0.39, 0.29) is 17.7 Å². The first-order chi connectivity index (χ1) is 20.2. The highest BCUT2D eigenvalue weighted by atomic mass is 19.1. The van der Waals surface area contributed by atoms with Gasteiger partial charge in [0.2, 0.25) is 11.9 Å². The van der Waals surface area contributed by atoms with Gasteiger partial charge in [0.25, 0.3) is 0 Å². The number of nitrogens with zero attached hydrogens (tertiary/aromatic N) is 9. The number of hydrogen-bond donors (Lipinski definition) is 1. The van der Waals surface area contributed by atoms with Gasteiger partial charge in [0.1, 0.15) is 28.6 Å². The lowest BCUT2D eigenvalue weighted by Gasteiger charge is -2.39. The summed E-state index contributed by atoms with van der Waals surface area (Å²) in [5.41, 5.74) is 4.28. The van der Waals surface area contributed by atoms with Crippen LogP contribution in [-0.2, 0) is 11.8 Å². The van der Waals surface area contributed by atoms with E-state index in [0.717, 1.165) is 11.3 Å². The Morgan fingerprint density at radius 3 is 2.74 bits per heavy atom. The third kappa shape index (κ3) is 4.82. The monoisotopic (exact) mass is 568 g/mol. The van der Waals surface area contributed by atoms with E-state index in [9.17, 15) is 4.79 Å². The van der Waals surface area contributed by atoms with Crippen molar-refractivity contribution >= 4 is 45.4 Å². The number of ether oxygens (including phenoxy) is 1. The largest absolute Gasteiger partial charge is 0.454 e. The molecular weight excluding hydrogens is 539 g/mol. The normalized spacial score (nSPS) is 15.3. The molecule has 0 bridgehead atoms. The molecule has 13 heteroatoms. The molecule has 0 saturated carbocycles. The molecule has 0 radical (unpaired) electrons. The van der Waals surface area contributed by atoms with Gasteiger partial charge in [-0.15, -0.1) is 5.10 Å². The number of amides is 1. The summed E-state index contributed by atoms with van der Waals surface area (Å²) in [6.07, 6.45) is 4.46. The van der Waals surface area contributed by atoms with Crippen LogP contribution in [0.5, 0.6) is 11.5 Å². The highest BCUT2D eigenvalue weighted by molar-refractivity contribution is 5.88. The topological polar surface area (TPSA) is 127 Å². The Balaban J connectivity index is 1.24. The number of carbonyl (C=O) groups excluding carboxylic acids is 1. The number of halogens is 1. The van der Waals surface area contributed by atoms with Gasteiger partial charge in [-0.3, -0.25) is 4.79 Å². The Kier molecular flexibility index (Phi) is 6.85. The Morgan fingerprint density at radius 2 is 1.98 bits per heavy atom. The van der Waals surface area contributed by atoms with Crippen LogP contribution in [-0.4, -0.2) is 71.4 Å². The molecule has 1 fully saturated rings. The maximum Gasteiger partial charge on any atom is 0.246 e. The molecule has 3 aromatic heterocycles. The predicted molar refractivity (Wildman–Crippen MR) is 156 cm³/mol. The summed E-state index contributed by atoms with van der Waals surface area (Å²) in [5.74, 6) is 1.09. The molecule has 6 rings (SSSR count). The van der Waals surface area contributed by atoms with Gasteiger partial charge in [0, 0.05) is 50.0 Å². The van der Waals surface area contributed by atoms with Crippen molar-refractivity contribution in [1.29, 1.82) is 0 Å². The maximum absolute atomic E-state index is 15.1. The van der Waals surface area contributed by atoms with E-state index in [2.05, 4.69) is 37.2 Å². The number of fused-ring (bicyclic) bond motifs is 2. The number of benzene rings is 2. The molecule has 1 aliphatic rings. The summed E-state index contributed by atoms with van der Waals surface area (Å²) in [6, 6.07) is 7.01. The van der Waals surface area contributed by atoms with E-state index in [4.69, 9.17) is 9.72 Å². The van der Waals surface area contributed by atoms with Gasteiger partial charge in [-0.05, 0) is 50.6 Å². The van der Waals surface area contributed by atoms with Gasteiger partial charge in [-0.25, -0.2) is 29.0 Å². The highest BCUT2D eigenvalue weighted by Crippen LogP contribution is 2.34. The summed E-state index contributed by atoms with van der Waals surface area (Å²) in [7, 11) is 1.72. The summed E-state index contributed by atoms with van der Waals surface area (Å²) >= 11 is 0. The second kappa shape index (κ2) is 10.7. The van der Waals surface area contributed by atoms with Gasteiger partial charge in [-0.2, -0.15) is 0 Å². The maximum atomic E-state index is 15.1. The van der Waals surface area contributed by atoms with E-state index in [1.54, 1.807) is 41.9 Å². The fourth-order valence-corrected chi connectivity index (χ4v) is 5.23. The van der Waals surface area contributed by atoms with Crippen LogP contribution >= 0.6 is 0 Å². The minimum absolute atomic E-state index is 0.0169. The first kappa shape index (κ1) is 27.0. The van der Waals surface area contributed by atoms with Crippen LogP contribution in [0.15, 0.2) is 49.4 Å². The minimum Gasteiger partial charge on any atom is -0.454 e. The van der Waals surface area contributed by atoms with Crippen molar-refractivity contribution in [1.82, 2.24) is 39.8 Å². The molecule has 1 amide bonds. The number of hydrogen-bond acceptors (Lipinski definition) is 10. The molecule has 42 heavy (non-hydrogen) atoms. The van der Waals surface area contributed by atoms with Crippen LogP contribution in [0.1, 0.15) is 18.1 Å². The number of carbonyl (C=O) groups is 1. The zero-order valence-corrected chi connectivity index (χ0v) is 23.7. The van der Waals surface area contributed by atoms with Crippen molar-refractivity contribution in [3.63, 3.8) is 0 Å². The van der Waals surface area contributed by atoms with Crippen molar-refractivity contribution in [2.75, 3.05) is 29.9 Å². The van der Waals surface area contributed by atoms with Gasteiger partial charge < -0.3 is 19.9 Å². The molecule has 4 heterocycles. The number of aryl methyl sites for hydroxylation is 3. The lowest BCUT2D eigenvalue weighted by molar-refractivity contribution is -0.128. The van der Waals surface area contributed by atoms with Crippen molar-refractivity contribution in [2.24, 2.45) is 7.05 Å². The lowest BCUT2D eigenvalue weighted by atomic mass is 10.1. The van der Waals surface area contributed by atoms with Crippen LogP contribution in [0.2, 0.25) is 0 Å².